The van der Waals surface area contributed by atoms with Crippen LogP contribution in [0.3, 0.4) is 0 Å². The van der Waals surface area contributed by atoms with Gasteiger partial charge in [0.1, 0.15) is 0 Å². The van der Waals surface area contributed by atoms with Crippen LogP contribution in [0.4, 0.5) is 5.69 Å². The van der Waals surface area contributed by atoms with Gasteiger partial charge in [-0.1, -0.05) is 24.3 Å². The maximum absolute atomic E-state index is 12.6. The zero-order valence-electron chi connectivity index (χ0n) is 12.7. The lowest BCUT2D eigenvalue weighted by atomic mass is 10.1. The lowest BCUT2D eigenvalue weighted by Gasteiger charge is -2.17. The Morgan fingerprint density at radius 3 is 2.29 bits per heavy atom. The molecular formula is C15H15N3O5S. The molecule has 0 aliphatic heterocycles. The summed E-state index contributed by atoms with van der Waals surface area (Å²) in [7, 11) is -2.71. The van der Waals surface area contributed by atoms with Gasteiger partial charge in [0.15, 0.2) is 4.90 Å². The first kappa shape index (κ1) is 17.6. The summed E-state index contributed by atoms with van der Waals surface area (Å²) in [5.74, 6) is -0.581. The molecule has 0 fully saturated rings. The highest BCUT2D eigenvalue weighted by molar-refractivity contribution is 7.89. The summed E-state index contributed by atoms with van der Waals surface area (Å²) < 4.78 is 26.2. The fraction of sp³-hybridized carbons (Fsp3) is 0.133. The summed E-state index contributed by atoms with van der Waals surface area (Å²) in [5.41, 5.74) is 5.59. The van der Waals surface area contributed by atoms with Crippen molar-refractivity contribution in [2.24, 2.45) is 5.73 Å². The van der Waals surface area contributed by atoms with Gasteiger partial charge in [-0.3, -0.25) is 14.9 Å². The van der Waals surface area contributed by atoms with Crippen LogP contribution in [0.5, 0.6) is 0 Å². The minimum atomic E-state index is -4.04. The first-order chi connectivity index (χ1) is 11.2. The summed E-state index contributed by atoms with van der Waals surface area (Å²) >= 11 is 0. The van der Waals surface area contributed by atoms with Gasteiger partial charge in [-0.2, -0.15) is 4.31 Å². The highest BCUT2D eigenvalue weighted by Gasteiger charge is 2.29. The van der Waals surface area contributed by atoms with E-state index in [1.807, 2.05) is 0 Å². The van der Waals surface area contributed by atoms with Gasteiger partial charge in [-0.15, -0.1) is 0 Å². The fourth-order valence-corrected chi connectivity index (χ4v) is 3.42. The Labute approximate surface area is 138 Å². The predicted octanol–water partition coefficient (Wildman–Crippen LogP) is 1.51. The molecule has 2 aromatic carbocycles. The maximum Gasteiger partial charge on any atom is 0.289 e. The van der Waals surface area contributed by atoms with Gasteiger partial charge in [0.2, 0.25) is 15.9 Å². The second-order valence-electron chi connectivity index (χ2n) is 5.05. The second kappa shape index (κ2) is 6.77. The standard InChI is InChI=1S/C15H15N3O5S/c1-17(10-11-6-8-12(9-7-11)15(16)19)24(22,23)14-5-3-2-4-13(14)18(20)21/h2-9H,10H2,1H3,(H2,16,19). The SMILES string of the molecule is CN(Cc1ccc(C(N)=O)cc1)S(=O)(=O)c1ccccc1[N+](=O)[O-]. The van der Waals surface area contributed by atoms with Crippen molar-refractivity contribution in [2.45, 2.75) is 11.4 Å². The zero-order valence-corrected chi connectivity index (χ0v) is 13.6. The maximum atomic E-state index is 12.6. The van der Waals surface area contributed by atoms with Crippen LogP contribution in [0, 0.1) is 10.1 Å². The molecular weight excluding hydrogens is 334 g/mol. The van der Waals surface area contributed by atoms with Crippen LogP contribution in [0.1, 0.15) is 15.9 Å². The highest BCUT2D eigenvalue weighted by atomic mass is 32.2. The molecule has 2 rings (SSSR count). The molecule has 2 aromatic rings. The Hall–Kier alpha value is -2.78. The van der Waals surface area contributed by atoms with Gasteiger partial charge in [-0.25, -0.2) is 8.42 Å². The van der Waals surface area contributed by atoms with Gasteiger partial charge in [-0.05, 0) is 23.8 Å². The van der Waals surface area contributed by atoms with E-state index in [4.69, 9.17) is 5.73 Å². The lowest BCUT2D eigenvalue weighted by molar-refractivity contribution is -0.387. The quantitative estimate of drug-likeness (QED) is 0.625. The summed E-state index contributed by atoms with van der Waals surface area (Å²) in [5, 5.41) is 11.0. The summed E-state index contributed by atoms with van der Waals surface area (Å²) in [4.78, 5) is 21.0. The molecule has 0 saturated carbocycles. The van der Waals surface area contributed by atoms with Crippen molar-refractivity contribution in [2.75, 3.05) is 7.05 Å². The van der Waals surface area contributed by atoms with E-state index in [1.165, 1.54) is 37.4 Å². The van der Waals surface area contributed by atoms with Gasteiger partial charge < -0.3 is 5.73 Å². The van der Waals surface area contributed by atoms with Crippen LogP contribution < -0.4 is 5.73 Å². The number of nitrogens with zero attached hydrogens (tertiary/aromatic N) is 2. The number of nitro benzene ring substituents is 1. The van der Waals surface area contributed by atoms with E-state index in [9.17, 15) is 23.3 Å². The van der Waals surface area contributed by atoms with E-state index in [1.54, 1.807) is 12.1 Å². The van der Waals surface area contributed by atoms with Crippen molar-refractivity contribution in [1.82, 2.24) is 4.31 Å². The normalized spacial score (nSPS) is 11.4. The summed E-state index contributed by atoms with van der Waals surface area (Å²) in [6.45, 7) is -0.00652. The summed E-state index contributed by atoms with van der Waals surface area (Å²) in [6.07, 6.45) is 0. The molecule has 2 N–H and O–H groups in total. The number of benzene rings is 2. The van der Waals surface area contributed by atoms with Crippen molar-refractivity contribution in [3.63, 3.8) is 0 Å². The van der Waals surface area contributed by atoms with Gasteiger partial charge in [0, 0.05) is 25.2 Å². The number of para-hydroxylation sites is 1. The number of hydrogen-bond acceptors (Lipinski definition) is 5. The number of nitro groups is 1. The Morgan fingerprint density at radius 1 is 1.17 bits per heavy atom. The smallest absolute Gasteiger partial charge is 0.289 e. The molecule has 0 atom stereocenters. The number of rotatable bonds is 6. The number of carbonyl (C=O) groups excluding carboxylic acids is 1. The topological polar surface area (TPSA) is 124 Å². The number of sulfonamides is 1. The lowest BCUT2D eigenvalue weighted by Crippen LogP contribution is -2.27. The molecule has 0 heterocycles. The van der Waals surface area contributed by atoms with Crippen LogP contribution in [0.2, 0.25) is 0 Å². The van der Waals surface area contributed by atoms with Crippen LogP contribution in [-0.2, 0) is 16.6 Å². The molecule has 126 valence electrons. The minimum absolute atomic E-state index is 0.00652. The first-order valence-electron chi connectivity index (χ1n) is 6.82. The molecule has 0 unspecified atom stereocenters. The van der Waals surface area contributed by atoms with Crippen molar-refractivity contribution in [1.29, 1.82) is 0 Å². The number of hydrogen-bond donors (Lipinski definition) is 1. The third-order valence-electron chi connectivity index (χ3n) is 3.39. The Kier molecular flexibility index (Phi) is 4.96. The Balaban J connectivity index is 2.30. The van der Waals surface area contributed by atoms with E-state index < -0.39 is 26.5 Å². The number of amides is 1. The fourth-order valence-electron chi connectivity index (χ4n) is 2.11. The van der Waals surface area contributed by atoms with E-state index >= 15 is 0 Å². The van der Waals surface area contributed by atoms with Crippen molar-refractivity contribution in [3.05, 3.63) is 69.8 Å². The molecule has 1 amide bonds. The van der Waals surface area contributed by atoms with Gasteiger partial charge in [0.05, 0.1) is 4.92 Å². The van der Waals surface area contributed by atoms with Crippen molar-refractivity contribution >= 4 is 21.6 Å². The van der Waals surface area contributed by atoms with Gasteiger partial charge >= 0.3 is 0 Å². The number of nitrogens with two attached hydrogens (primary N) is 1. The van der Waals surface area contributed by atoms with E-state index in [0.717, 1.165) is 10.4 Å². The summed E-state index contributed by atoms with van der Waals surface area (Å²) in [6, 6.07) is 11.3. The minimum Gasteiger partial charge on any atom is -0.366 e. The molecule has 9 heteroatoms. The average Bonchev–Trinajstić information content (AvgIpc) is 2.55. The Morgan fingerprint density at radius 2 is 1.75 bits per heavy atom. The third kappa shape index (κ3) is 3.58. The molecule has 0 bridgehead atoms. The molecule has 0 aliphatic rings. The number of primary amides is 1. The molecule has 24 heavy (non-hydrogen) atoms. The zero-order chi connectivity index (χ0) is 17.9. The second-order valence-corrected chi connectivity index (χ2v) is 7.06. The Bertz CT molecular complexity index is 878. The predicted molar refractivity (Wildman–Crippen MR) is 86.7 cm³/mol. The van der Waals surface area contributed by atoms with Crippen molar-refractivity contribution in [3.8, 4) is 0 Å². The monoisotopic (exact) mass is 349 g/mol. The van der Waals surface area contributed by atoms with E-state index in [-0.39, 0.29) is 11.4 Å². The van der Waals surface area contributed by atoms with E-state index in [2.05, 4.69) is 0 Å². The van der Waals surface area contributed by atoms with Crippen LogP contribution >= 0.6 is 0 Å². The first-order valence-corrected chi connectivity index (χ1v) is 8.26. The largest absolute Gasteiger partial charge is 0.366 e. The van der Waals surface area contributed by atoms with Crippen LogP contribution in [-0.4, -0.2) is 30.6 Å². The molecule has 8 nitrogen and oxygen atoms in total. The molecule has 0 aromatic heterocycles. The average molecular weight is 349 g/mol. The molecule has 0 saturated heterocycles. The molecule has 0 spiro atoms. The van der Waals surface area contributed by atoms with E-state index in [0.29, 0.717) is 11.1 Å². The highest BCUT2D eigenvalue weighted by Crippen LogP contribution is 2.26. The molecule has 0 aliphatic carbocycles. The van der Waals surface area contributed by atoms with Crippen LogP contribution in [0.15, 0.2) is 53.4 Å². The van der Waals surface area contributed by atoms with Gasteiger partial charge in [0.25, 0.3) is 5.69 Å². The third-order valence-corrected chi connectivity index (χ3v) is 5.24. The van der Waals surface area contributed by atoms with Crippen LogP contribution in [0.25, 0.3) is 0 Å². The van der Waals surface area contributed by atoms with Crippen molar-refractivity contribution < 1.29 is 18.1 Å². The number of carbonyl (C=O) groups is 1. The molecule has 0 radical (unpaired) electrons.